The van der Waals surface area contributed by atoms with Crippen molar-refractivity contribution in [2.45, 2.75) is 25.8 Å². The van der Waals surface area contributed by atoms with Crippen LogP contribution in [-0.4, -0.2) is 19.1 Å². The summed E-state index contributed by atoms with van der Waals surface area (Å²) in [6.45, 7) is 2.02. The van der Waals surface area contributed by atoms with Gasteiger partial charge in [0.15, 0.2) is 0 Å². The van der Waals surface area contributed by atoms with Crippen molar-refractivity contribution in [2.24, 2.45) is 0 Å². The molecule has 1 atom stereocenters. The van der Waals surface area contributed by atoms with E-state index < -0.39 is 0 Å². The minimum Gasteiger partial charge on any atom is -0.497 e. The molecule has 0 aliphatic carbocycles. The highest BCUT2D eigenvalue weighted by molar-refractivity contribution is 6.05. The van der Waals surface area contributed by atoms with Gasteiger partial charge in [0.25, 0.3) is 5.91 Å². The number of carbonyl (C=O) groups is 1. The number of halogens is 1. The first-order valence-electron chi connectivity index (χ1n) is 8.02. The normalized spacial score (nSPS) is 17.0. The van der Waals surface area contributed by atoms with Crippen LogP contribution in [0, 0.1) is 5.82 Å². The molecule has 1 aliphatic heterocycles. The van der Waals surface area contributed by atoms with E-state index in [1.807, 2.05) is 31.2 Å². The number of rotatable bonds is 3. The second-order valence-corrected chi connectivity index (χ2v) is 5.98. The zero-order chi connectivity index (χ0) is 17.1. The Kier molecular flexibility index (Phi) is 4.65. The van der Waals surface area contributed by atoms with Crippen molar-refractivity contribution in [1.82, 2.24) is 0 Å². The van der Waals surface area contributed by atoms with Crippen LogP contribution in [0.4, 0.5) is 10.1 Å². The Hall–Kier alpha value is -2.62. The lowest BCUT2D eigenvalue weighted by Gasteiger charge is -2.34. The molecule has 0 radical (unpaired) electrons. The van der Waals surface area contributed by atoms with E-state index >= 15 is 0 Å². The fourth-order valence-corrected chi connectivity index (χ4v) is 3.02. The van der Waals surface area contributed by atoms with Crippen LogP contribution in [0.25, 0.3) is 6.08 Å². The highest BCUT2D eigenvalue weighted by Gasteiger charge is 2.27. The van der Waals surface area contributed by atoms with Crippen LogP contribution >= 0.6 is 0 Å². The summed E-state index contributed by atoms with van der Waals surface area (Å²) < 4.78 is 18.5. The molecule has 3 nitrogen and oxygen atoms in total. The molecule has 0 N–H and O–H groups in total. The molecule has 24 heavy (non-hydrogen) atoms. The number of benzene rings is 2. The highest BCUT2D eigenvalue weighted by atomic mass is 19.1. The first-order valence-corrected chi connectivity index (χ1v) is 8.02. The van der Waals surface area contributed by atoms with E-state index in [2.05, 4.69) is 0 Å². The fourth-order valence-electron chi connectivity index (χ4n) is 3.02. The Bertz CT molecular complexity index is 768. The third-order valence-electron chi connectivity index (χ3n) is 4.34. The third-order valence-corrected chi connectivity index (χ3v) is 4.34. The molecule has 0 bridgehead atoms. The van der Waals surface area contributed by atoms with Crippen LogP contribution in [0.5, 0.6) is 5.75 Å². The zero-order valence-corrected chi connectivity index (χ0v) is 13.8. The second kappa shape index (κ2) is 6.87. The lowest BCUT2D eigenvalue weighted by molar-refractivity contribution is -0.114. The molecule has 0 spiro atoms. The van der Waals surface area contributed by atoms with Crippen LogP contribution in [0.1, 0.15) is 24.5 Å². The van der Waals surface area contributed by atoms with Crippen molar-refractivity contribution < 1.29 is 13.9 Å². The first kappa shape index (κ1) is 16.2. The molecular weight excluding hydrogens is 305 g/mol. The average molecular weight is 325 g/mol. The number of hydrogen-bond donors (Lipinski definition) is 0. The van der Waals surface area contributed by atoms with Crippen LogP contribution in [-0.2, 0) is 11.2 Å². The molecule has 1 amide bonds. The van der Waals surface area contributed by atoms with E-state index in [1.54, 1.807) is 30.2 Å². The van der Waals surface area contributed by atoms with Crippen molar-refractivity contribution in [1.29, 1.82) is 0 Å². The SMILES string of the molecule is COc1ccc(/C=C/C(=O)N2c3ccc(F)cc3CCC2C)cc1. The van der Waals surface area contributed by atoms with Gasteiger partial charge < -0.3 is 9.64 Å². The maximum Gasteiger partial charge on any atom is 0.251 e. The molecule has 0 aromatic heterocycles. The molecule has 3 rings (SSSR count). The standard InChI is InChI=1S/C20H20FNO2/c1-14-3-7-16-13-17(21)8-11-19(16)22(14)20(23)12-6-15-4-9-18(24-2)10-5-15/h4-6,8-14H,3,7H2,1-2H3/b12-6+. The maximum absolute atomic E-state index is 13.4. The summed E-state index contributed by atoms with van der Waals surface area (Å²) in [6.07, 6.45) is 4.97. The average Bonchev–Trinajstić information content (AvgIpc) is 2.60. The quantitative estimate of drug-likeness (QED) is 0.791. The molecule has 1 heterocycles. The third kappa shape index (κ3) is 3.32. The second-order valence-electron chi connectivity index (χ2n) is 5.98. The number of carbonyl (C=O) groups excluding carboxylic acids is 1. The summed E-state index contributed by atoms with van der Waals surface area (Å²) in [7, 11) is 1.62. The summed E-state index contributed by atoms with van der Waals surface area (Å²) in [5, 5.41) is 0. The number of aryl methyl sites for hydroxylation is 1. The zero-order valence-electron chi connectivity index (χ0n) is 13.8. The van der Waals surface area contributed by atoms with Crippen molar-refractivity contribution in [3.8, 4) is 5.75 Å². The predicted molar refractivity (Wildman–Crippen MR) is 93.7 cm³/mol. The van der Waals surface area contributed by atoms with Gasteiger partial charge in [-0.1, -0.05) is 12.1 Å². The van der Waals surface area contributed by atoms with Crippen LogP contribution < -0.4 is 9.64 Å². The number of ether oxygens (including phenoxy) is 1. The molecule has 1 unspecified atom stereocenters. The van der Waals surface area contributed by atoms with Crippen molar-refractivity contribution in [2.75, 3.05) is 12.0 Å². The lowest BCUT2D eigenvalue weighted by atomic mass is 9.96. The van der Waals surface area contributed by atoms with Gasteiger partial charge in [-0.15, -0.1) is 0 Å². The summed E-state index contributed by atoms with van der Waals surface area (Å²) >= 11 is 0. The minimum atomic E-state index is -0.260. The van der Waals surface area contributed by atoms with Crippen LogP contribution in [0.3, 0.4) is 0 Å². The first-order chi connectivity index (χ1) is 11.6. The van der Waals surface area contributed by atoms with Gasteiger partial charge in [0.2, 0.25) is 0 Å². The van der Waals surface area contributed by atoms with E-state index in [9.17, 15) is 9.18 Å². The van der Waals surface area contributed by atoms with Gasteiger partial charge in [0, 0.05) is 17.8 Å². The molecule has 1 aliphatic rings. The van der Waals surface area contributed by atoms with E-state index in [4.69, 9.17) is 4.74 Å². The van der Waals surface area contributed by atoms with E-state index in [-0.39, 0.29) is 17.8 Å². The van der Waals surface area contributed by atoms with Crippen LogP contribution in [0.2, 0.25) is 0 Å². The number of hydrogen-bond acceptors (Lipinski definition) is 2. The predicted octanol–water partition coefficient (Wildman–Crippen LogP) is 4.22. The van der Waals surface area contributed by atoms with E-state index in [0.717, 1.165) is 35.4 Å². The maximum atomic E-state index is 13.4. The number of methoxy groups -OCH3 is 1. The molecular formula is C20H20FNO2. The minimum absolute atomic E-state index is 0.0918. The van der Waals surface area contributed by atoms with Gasteiger partial charge in [-0.3, -0.25) is 4.79 Å². The Morgan fingerprint density at radius 3 is 2.71 bits per heavy atom. The number of anilines is 1. The number of fused-ring (bicyclic) bond motifs is 1. The molecule has 4 heteroatoms. The van der Waals surface area contributed by atoms with Crippen molar-refractivity contribution >= 4 is 17.7 Å². The number of nitrogens with zero attached hydrogens (tertiary/aromatic N) is 1. The Morgan fingerprint density at radius 2 is 2.00 bits per heavy atom. The molecule has 124 valence electrons. The summed E-state index contributed by atoms with van der Waals surface area (Å²) in [4.78, 5) is 14.4. The van der Waals surface area contributed by atoms with Gasteiger partial charge in [0.05, 0.1) is 7.11 Å². The summed E-state index contributed by atoms with van der Waals surface area (Å²) in [5.41, 5.74) is 2.62. The molecule has 0 saturated heterocycles. The van der Waals surface area contributed by atoms with Gasteiger partial charge in [-0.05, 0) is 67.3 Å². The van der Waals surface area contributed by atoms with E-state index in [1.165, 1.54) is 12.1 Å². The van der Waals surface area contributed by atoms with Crippen molar-refractivity contribution in [3.63, 3.8) is 0 Å². The molecule has 0 fully saturated rings. The van der Waals surface area contributed by atoms with Gasteiger partial charge >= 0.3 is 0 Å². The summed E-state index contributed by atoms with van der Waals surface area (Å²) in [5.74, 6) is 0.425. The van der Waals surface area contributed by atoms with Gasteiger partial charge in [-0.25, -0.2) is 4.39 Å². The smallest absolute Gasteiger partial charge is 0.251 e. The van der Waals surface area contributed by atoms with Gasteiger partial charge in [-0.2, -0.15) is 0 Å². The molecule has 2 aromatic rings. The lowest BCUT2D eigenvalue weighted by Crippen LogP contribution is -2.41. The fraction of sp³-hybridized carbons (Fsp3) is 0.250. The monoisotopic (exact) mass is 325 g/mol. The van der Waals surface area contributed by atoms with Crippen LogP contribution in [0.15, 0.2) is 48.5 Å². The topological polar surface area (TPSA) is 29.5 Å². The molecule has 2 aromatic carbocycles. The van der Waals surface area contributed by atoms with E-state index in [0.29, 0.717) is 0 Å². The highest BCUT2D eigenvalue weighted by Crippen LogP contribution is 2.31. The molecule has 0 saturated carbocycles. The van der Waals surface area contributed by atoms with Gasteiger partial charge in [0.1, 0.15) is 11.6 Å². The Morgan fingerprint density at radius 1 is 1.25 bits per heavy atom. The summed E-state index contributed by atoms with van der Waals surface area (Å²) in [6, 6.07) is 12.2. The Balaban J connectivity index is 1.82. The Labute approximate surface area is 141 Å². The van der Waals surface area contributed by atoms with Crippen molar-refractivity contribution in [3.05, 3.63) is 65.5 Å². The number of amides is 1. The largest absolute Gasteiger partial charge is 0.497 e.